The van der Waals surface area contributed by atoms with Gasteiger partial charge in [-0.25, -0.2) is 0 Å². The third-order valence-corrected chi connectivity index (χ3v) is 5.06. The number of benzene rings is 2. The van der Waals surface area contributed by atoms with E-state index in [4.69, 9.17) is 0 Å². The van der Waals surface area contributed by atoms with E-state index in [0.29, 0.717) is 5.75 Å². The minimum absolute atomic E-state index is 0. The van der Waals surface area contributed by atoms with Crippen molar-refractivity contribution < 1.29 is 22.4 Å². The molecule has 0 amide bonds. The minimum Gasteiger partial charge on any atom is -1.00 e. The second-order valence-electron chi connectivity index (χ2n) is 5.99. The molecule has 0 spiro atoms. The summed E-state index contributed by atoms with van der Waals surface area (Å²) in [7, 11) is 4.35. The van der Waals surface area contributed by atoms with Crippen LogP contribution in [0, 0.1) is 0 Å². The van der Waals surface area contributed by atoms with Crippen molar-refractivity contribution in [3.05, 3.63) is 65.2 Å². The van der Waals surface area contributed by atoms with Crippen LogP contribution in [0.15, 0.2) is 53.4 Å². The molecule has 0 aromatic heterocycles. The highest BCUT2D eigenvalue weighted by Gasteiger charge is 2.18. The zero-order valence-corrected chi connectivity index (χ0v) is 15.0. The summed E-state index contributed by atoms with van der Waals surface area (Å²) in [5.74, 6) is 1.31. The van der Waals surface area contributed by atoms with Gasteiger partial charge in [-0.1, -0.05) is 30.3 Å². The zero-order valence-electron chi connectivity index (χ0n) is 13.5. The Bertz CT molecular complexity index is 712. The molecule has 0 saturated heterocycles. The van der Waals surface area contributed by atoms with Gasteiger partial charge in [0.2, 0.25) is 0 Å². The fourth-order valence-electron chi connectivity index (χ4n) is 2.79. The van der Waals surface area contributed by atoms with Gasteiger partial charge in [0.25, 0.3) is 0 Å². The quantitative estimate of drug-likeness (QED) is 0.815. The van der Waals surface area contributed by atoms with Crippen LogP contribution in [-0.2, 0) is 5.75 Å². The Morgan fingerprint density at radius 3 is 2.70 bits per heavy atom. The Morgan fingerprint density at radius 1 is 1.13 bits per heavy atom. The van der Waals surface area contributed by atoms with E-state index in [1.165, 1.54) is 26.5 Å². The molecule has 0 radical (unpaired) electrons. The van der Waals surface area contributed by atoms with Crippen LogP contribution in [0.3, 0.4) is 0 Å². The van der Waals surface area contributed by atoms with Crippen molar-refractivity contribution >= 4 is 17.3 Å². The molecule has 0 unspecified atom stereocenters. The number of aromatic hydroxyl groups is 1. The highest BCUT2D eigenvalue weighted by Crippen LogP contribution is 2.41. The van der Waals surface area contributed by atoms with Crippen molar-refractivity contribution in [2.75, 3.05) is 20.6 Å². The standard InChI is InChI=1S/C19H21NOS.ClH/c1-20(2)11-5-8-17-16-7-4-3-6-14(16)13-22-19-10-9-15(21)12-18(17)19;/h3-4,6-10,12,21H,5,11,13H2,1-2H3;1H/b17-8+;. The maximum Gasteiger partial charge on any atom is 0.116 e. The van der Waals surface area contributed by atoms with Crippen LogP contribution in [0.5, 0.6) is 5.75 Å². The summed E-state index contributed by atoms with van der Waals surface area (Å²) in [5, 5.41) is 9.92. The molecule has 0 saturated carbocycles. The molecule has 2 nitrogen and oxygen atoms in total. The van der Waals surface area contributed by atoms with Gasteiger partial charge in [-0.05, 0) is 40.5 Å². The summed E-state index contributed by atoms with van der Waals surface area (Å²) in [6, 6.07) is 14.3. The van der Waals surface area contributed by atoms with E-state index in [0.717, 1.165) is 24.3 Å². The van der Waals surface area contributed by atoms with Gasteiger partial charge in [0.15, 0.2) is 0 Å². The molecule has 0 bridgehead atoms. The number of hydrogen-bond donors (Lipinski definition) is 2. The second-order valence-corrected chi connectivity index (χ2v) is 7.01. The molecule has 2 aromatic rings. The predicted molar refractivity (Wildman–Crippen MR) is 93.5 cm³/mol. The first-order valence-electron chi connectivity index (χ1n) is 7.69. The first-order chi connectivity index (χ1) is 10.6. The third-order valence-electron chi connectivity index (χ3n) is 3.94. The molecule has 3 rings (SSSR count). The van der Waals surface area contributed by atoms with Gasteiger partial charge in [0.05, 0.1) is 20.6 Å². The normalized spacial score (nSPS) is 14.8. The van der Waals surface area contributed by atoms with Crippen molar-refractivity contribution in [1.29, 1.82) is 0 Å². The highest BCUT2D eigenvalue weighted by molar-refractivity contribution is 7.98. The molecule has 2 aromatic carbocycles. The Labute approximate surface area is 148 Å². The van der Waals surface area contributed by atoms with Crippen molar-refractivity contribution in [1.82, 2.24) is 0 Å². The molecule has 4 heteroatoms. The maximum atomic E-state index is 9.92. The van der Waals surface area contributed by atoms with Gasteiger partial charge in [0.1, 0.15) is 5.75 Å². The van der Waals surface area contributed by atoms with Gasteiger partial charge < -0.3 is 22.4 Å². The number of hydrogen-bond acceptors (Lipinski definition) is 2. The second kappa shape index (κ2) is 7.91. The van der Waals surface area contributed by atoms with E-state index < -0.39 is 0 Å². The Kier molecular flexibility index (Phi) is 6.17. The molecular formula is C19H22ClNOS. The average molecular weight is 348 g/mol. The number of thioether (sulfide) groups is 1. The van der Waals surface area contributed by atoms with Crippen LogP contribution >= 0.6 is 11.8 Å². The lowest BCUT2D eigenvalue weighted by atomic mass is 9.93. The van der Waals surface area contributed by atoms with E-state index >= 15 is 0 Å². The lowest BCUT2D eigenvalue weighted by molar-refractivity contribution is -0.857. The molecular weight excluding hydrogens is 326 g/mol. The summed E-state index contributed by atoms with van der Waals surface area (Å²) < 4.78 is 0. The topological polar surface area (TPSA) is 24.7 Å². The fraction of sp³-hybridized carbons (Fsp3) is 0.263. The number of phenolic OH excluding ortho intramolecular Hbond substituents is 1. The number of rotatable bonds is 3. The number of nitrogens with one attached hydrogen (secondary N) is 1. The van der Waals surface area contributed by atoms with E-state index in [9.17, 15) is 5.11 Å². The molecule has 1 aliphatic heterocycles. The van der Waals surface area contributed by atoms with Crippen molar-refractivity contribution in [2.45, 2.75) is 17.1 Å². The third kappa shape index (κ3) is 4.11. The van der Waals surface area contributed by atoms with Crippen LogP contribution in [0.2, 0.25) is 0 Å². The van der Waals surface area contributed by atoms with Crippen LogP contribution in [0.25, 0.3) is 5.57 Å². The predicted octanol–water partition coefficient (Wildman–Crippen LogP) is -0.0318. The summed E-state index contributed by atoms with van der Waals surface area (Å²) in [5.41, 5.74) is 5.08. The van der Waals surface area contributed by atoms with E-state index in [1.54, 1.807) is 6.07 Å². The monoisotopic (exact) mass is 347 g/mol. The number of quaternary nitrogens is 1. The SMILES string of the molecule is C[NH+](C)CC/C=C1\c2ccccc2CSc2ccc(O)cc21.[Cl-]. The number of halogens is 1. The van der Waals surface area contributed by atoms with Crippen LogP contribution in [0.4, 0.5) is 0 Å². The number of phenols is 1. The fourth-order valence-corrected chi connectivity index (χ4v) is 3.84. The first kappa shape index (κ1) is 17.9. The lowest BCUT2D eigenvalue weighted by Gasteiger charge is -2.12. The smallest absolute Gasteiger partial charge is 0.116 e. The average Bonchev–Trinajstić information content (AvgIpc) is 2.65. The Hall–Kier alpha value is -1.42. The Balaban J connectivity index is 0.00000192. The minimum atomic E-state index is 0. The van der Waals surface area contributed by atoms with Crippen LogP contribution in [0.1, 0.15) is 23.1 Å². The van der Waals surface area contributed by atoms with E-state index in [-0.39, 0.29) is 12.4 Å². The van der Waals surface area contributed by atoms with Gasteiger partial charge in [-0.2, -0.15) is 0 Å². The highest BCUT2D eigenvalue weighted by atomic mass is 35.5. The van der Waals surface area contributed by atoms with Crippen LogP contribution in [-0.4, -0.2) is 25.7 Å². The molecule has 1 aliphatic rings. The van der Waals surface area contributed by atoms with E-state index in [2.05, 4.69) is 44.4 Å². The Morgan fingerprint density at radius 2 is 1.91 bits per heavy atom. The molecule has 1 heterocycles. The van der Waals surface area contributed by atoms with Crippen molar-refractivity contribution in [3.8, 4) is 5.75 Å². The van der Waals surface area contributed by atoms with Crippen LogP contribution < -0.4 is 17.3 Å². The maximum absolute atomic E-state index is 9.92. The molecule has 23 heavy (non-hydrogen) atoms. The lowest BCUT2D eigenvalue weighted by Crippen LogP contribution is -3.05. The van der Waals surface area contributed by atoms with Gasteiger partial charge in [-0.15, -0.1) is 11.8 Å². The van der Waals surface area contributed by atoms with E-state index in [1.807, 2.05) is 23.9 Å². The van der Waals surface area contributed by atoms with Crippen molar-refractivity contribution in [3.63, 3.8) is 0 Å². The molecule has 0 fully saturated rings. The molecule has 0 atom stereocenters. The summed E-state index contributed by atoms with van der Waals surface area (Å²) in [6.07, 6.45) is 3.36. The first-order valence-corrected chi connectivity index (χ1v) is 8.67. The summed E-state index contributed by atoms with van der Waals surface area (Å²) in [4.78, 5) is 2.70. The van der Waals surface area contributed by atoms with Gasteiger partial charge in [0, 0.05) is 17.1 Å². The number of fused-ring (bicyclic) bond motifs is 2. The summed E-state index contributed by atoms with van der Waals surface area (Å²) >= 11 is 1.85. The zero-order chi connectivity index (χ0) is 15.5. The largest absolute Gasteiger partial charge is 1.00 e. The molecule has 0 aliphatic carbocycles. The summed E-state index contributed by atoms with van der Waals surface area (Å²) in [6.45, 7) is 1.10. The molecule has 2 N–H and O–H groups in total. The van der Waals surface area contributed by atoms with Crippen molar-refractivity contribution in [2.24, 2.45) is 0 Å². The van der Waals surface area contributed by atoms with Gasteiger partial charge >= 0.3 is 0 Å². The van der Waals surface area contributed by atoms with Gasteiger partial charge in [-0.3, -0.25) is 0 Å². The molecule has 122 valence electrons.